The van der Waals surface area contributed by atoms with Gasteiger partial charge < -0.3 is 15.3 Å². The van der Waals surface area contributed by atoms with Crippen LogP contribution >= 0.6 is 0 Å². The van der Waals surface area contributed by atoms with Gasteiger partial charge in [-0.2, -0.15) is 0 Å². The first-order valence-electron chi connectivity index (χ1n) is 4.79. The zero-order valence-electron chi connectivity index (χ0n) is 8.88. The second kappa shape index (κ2) is 4.58. The quantitative estimate of drug-likeness (QED) is 0.499. The average molecular weight is 219 g/mol. The van der Waals surface area contributed by atoms with Crippen LogP contribution in [0.5, 0.6) is 0 Å². The Labute approximate surface area is 92.7 Å². The molecular formula is C9H13N7. The van der Waals surface area contributed by atoms with Crippen molar-refractivity contribution in [3.63, 3.8) is 0 Å². The number of nitrogens with two attached hydrogens (primary N) is 1. The summed E-state index contributed by atoms with van der Waals surface area (Å²) in [7, 11) is 1.90. The highest BCUT2D eigenvalue weighted by molar-refractivity contribution is 5.51. The molecule has 7 heteroatoms. The first-order valence-corrected chi connectivity index (χ1v) is 4.79. The Hall–Kier alpha value is -2.15. The standard InChI is InChI=1S/C9H13N7/c1-16-6-13-15-9(16)5-12-7-2-3-11-8(4-7)14-10/h2-4,6H,5,10H2,1H3,(H2,11,12,14). The Morgan fingerprint density at radius 1 is 1.50 bits per heavy atom. The zero-order chi connectivity index (χ0) is 11.4. The fraction of sp³-hybridized carbons (Fsp3) is 0.222. The van der Waals surface area contributed by atoms with E-state index in [2.05, 4.69) is 25.9 Å². The summed E-state index contributed by atoms with van der Waals surface area (Å²) in [4.78, 5) is 4.01. The van der Waals surface area contributed by atoms with Gasteiger partial charge in [-0.15, -0.1) is 10.2 Å². The van der Waals surface area contributed by atoms with Crippen molar-refractivity contribution in [3.05, 3.63) is 30.5 Å². The molecule has 16 heavy (non-hydrogen) atoms. The van der Waals surface area contributed by atoms with E-state index in [4.69, 9.17) is 5.84 Å². The Kier molecular flexibility index (Phi) is 2.97. The third kappa shape index (κ3) is 2.26. The average Bonchev–Trinajstić information content (AvgIpc) is 2.72. The number of nitrogens with zero attached hydrogens (tertiary/aromatic N) is 4. The summed E-state index contributed by atoms with van der Waals surface area (Å²) in [6, 6.07) is 3.67. The van der Waals surface area contributed by atoms with Crippen molar-refractivity contribution < 1.29 is 0 Å². The maximum absolute atomic E-state index is 5.27. The molecule has 0 saturated carbocycles. The van der Waals surface area contributed by atoms with E-state index in [-0.39, 0.29) is 0 Å². The number of hydrogen-bond acceptors (Lipinski definition) is 6. The van der Waals surface area contributed by atoms with E-state index >= 15 is 0 Å². The van der Waals surface area contributed by atoms with Gasteiger partial charge in [0.2, 0.25) is 0 Å². The molecule has 2 rings (SSSR count). The smallest absolute Gasteiger partial charge is 0.151 e. The van der Waals surface area contributed by atoms with Gasteiger partial charge in [-0.1, -0.05) is 0 Å². The molecule has 0 bridgehead atoms. The van der Waals surface area contributed by atoms with Crippen LogP contribution in [-0.2, 0) is 13.6 Å². The first kappa shape index (κ1) is 10.4. The van der Waals surface area contributed by atoms with Crippen LogP contribution in [0.4, 0.5) is 11.5 Å². The molecule has 0 spiro atoms. The van der Waals surface area contributed by atoms with Crippen LogP contribution in [0.2, 0.25) is 0 Å². The van der Waals surface area contributed by atoms with Gasteiger partial charge in [0.25, 0.3) is 0 Å². The van der Waals surface area contributed by atoms with Crippen LogP contribution in [0.25, 0.3) is 0 Å². The predicted molar refractivity (Wildman–Crippen MR) is 60.4 cm³/mol. The third-order valence-electron chi connectivity index (χ3n) is 2.16. The maximum atomic E-state index is 5.27. The van der Waals surface area contributed by atoms with Crippen LogP contribution in [0.15, 0.2) is 24.7 Å². The SMILES string of the molecule is Cn1cnnc1CNc1ccnc(NN)c1. The van der Waals surface area contributed by atoms with E-state index in [0.29, 0.717) is 12.4 Å². The van der Waals surface area contributed by atoms with Crippen molar-refractivity contribution >= 4 is 11.5 Å². The molecule has 0 aliphatic heterocycles. The van der Waals surface area contributed by atoms with Crippen LogP contribution in [0, 0.1) is 0 Å². The maximum Gasteiger partial charge on any atom is 0.151 e. The molecule has 0 atom stereocenters. The summed E-state index contributed by atoms with van der Waals surface area (Å²) in [5.74, 6) is 6.74. The second-order valence-corrected chi connectivity index (χ2v) is 3.29. The van der Waals surface area contributed by atoms with Gasteiger partial charge in [-0.25, -0.2) is 10.8 Å². The fourth-order valence-electron chi connectivity index (χ4n) is 1.27. The molecule has 0 amide bonds. The lowest BCUT2D eigenvalue weighted by Gasteiger charge is -2.06. The highest BCUT2D eigenvalue weighted by atomic mass is 15.3. The molecule has 0 aromatic carbocycles. The molecule has 0 radical (unpaired) electrons. The number of pyridine rings is 1. The molecular weight excluding hydrogens is 206 g/mol. The molecule has 0 aliphatic carbocycles. The number of anilines is 2. The van der Waals surface area contributed by atoms with Crippen molar-refractivity contribution in [2.24, 2.45) is 12.9 Å². The van der Waals surface area contributed by atoms with E-state index in [0.717, 1.165) is 11.5 Å². The first-order chi connectivity index (χ1) is 7.79. The number of aromatic nitrogens is 4. The molecule has 7 nitrogen and oxygen atoms in total. The summed E-state index contributed by atoms with van der Waals surface area (Å²) in [6.45, 7) is 0.602. The molecule has 0 fully saturated rings. The highest BCUT2D eigenvalue weighted by Crippen LogP contribution is 2.11. The molecule has 2 aromatic heterocycles. The van der Waals surface area contributed by atoms with Gasteiger partial charge in [0.05, 0.1) is 6.54 Å². The topological polar surface area (TPSA) is 93.7 Å². The van der Waals surface area contributed by atoms with Crippen LogP contribution < -0.4 is 16.6 Å². The van der Waals surface area contributed by atoms with E-state index in [1.54, 1.807) is 12.5 Å². The number of nitrogens with one attached hydrogen (secondary N) is 2. The van der Waals surface area contributed by atoms with Crippen molar-refractivity contribution in [1.29, 1.82) is 0 Å². The lowest BCUT2D eigenvalue weighted by Crippen LogP contribution is -2.09. The van der Waals surface area contributed by atoms with Gasteiger partial charge in [0, 0.05) is 25.0 Å². The molecule has 0 saturated heterocycles. The van der Waals surface area contributed by atoms with Crippen molar-refractivity contribution in [2.45, 2.75) is 6.54 Å². The summed E-state index contributed by atoms with van der Waals surface area (Å²) in [5.41, 5.74) is 3.41. The van der Waals surface area contributed by atoms with Gasteiger partial charge in [-0.3, -0.25) is 0 Å². The minimum Gasteiger partial charge on any atom is -0.378 e. The van der Waals surface area contributed by atoms with E-state index in [1.165, 1.54) is 0 Å². The largest absolute Gasteiger partial charge is 0.378 e. The number of rotatable bonds is 4. The fourth-order valence-corrected chi connectivity index (χ4v) is 1.27. The van der Waals surface area contributed by atoms with Crippen molar-refractivity contribution in [2.75, 3.05) is 10.7 Å². The Morgan fingerprint density at radius 2 is 2.38 bits per heavy atom. The lowest BCUT2D eigenvalue weighted by atomic mass is 10.4. The highest BCUT2D eigenvalue weighted by Gasteiger charge is 2.00. The zero-order valence-corrected chi connectivity index (χ0v) is 8.88. The Morgan fingerprint density at radius 3 is 3.06 bits per heavy atom. The Balaban J connectivity index is 2.02. The van der Waals surface area contributed by atoms with Gasteiger partial charge in [-0.05, 0) is 6.07 Å². The lowest BCUT2D eigenvalue weighted by molar-refractivity contribution is 0.812. The molecule has 0 aliphatic rings. The van der Waals surface area contributed by atoms with E-state index < -0.39 is 0 Å². The van der Waals surface area contributed by atoms with Crippen LogP contribution in [0.1, 0.15) is 5.82 Å². The van der Waals surface area contributed by atoms with Crippen LogP contribution in [0.3, 0.4) is 0 Å². The molecule has 84 valence electrons. The number of aryl methyl sites for hydroxylation is 1. The minimum atomic E-state index is 0.602. The summed E-state index contributed by atoms with van der Waals surface area (Å²) in [5, 5.41) is 11.0. The van der Waals surface area contributed by atoms with Gasteiger partial charge in [0.15, 0.2) is 5.82 Å². The van der Waals surface area contributed by atoms with Crippen LogP contribution in [-0.4, -0.2) is 19.7 Å². The third-order valence-corrected chi connectivity index (χ3v) is 2.16. The van der Waals surface area contributed by atoms with Crippen molar-refractivity contribution in [1.82, 2.24) is 19.7 Å². The summed E-state index contributed by atoms with van der Waals surface area (Å²) < 4.78 is 1.86. The molecule has 2 aromatic rings. The number of hydrogen-bond donors (Lipinski definition) is 3. The second-order valence-electron chi connectivity index (χ2n) is 3.29. The van der Waals surface area contributed by atoms with E-state index in [9.17, 15) is 0 Å². The summed E-state index contributed by atoms with van der Waals surface area (Å²) >= 11 is 0. The van der Waals surface area contributed by atoms with Crippen molar-refractivity contribution in [3.8, 4) is 0 Å². The number of nitrogen functional groups attached to an aromatic ring is 1. The number of hydrazine groups is 1. The van der Waals surface area contributed by atoms with Gasteiger partial charge >= 0.3 is 0 Å². The monoisotopic (exact) mass is 219 g/mol. The normalized spacial score (nSPS) is 10.1. The molecule has 4 N–H and O–H groups in total. The molecule has 2 heterocycles. The van der Waals surface area contributed by atoms with Gasteiger partial charge in [0.1, 0.15) is 12.1 Å². The predicted octanol–water partition coefficient (Wildman–Crippen LogP) is 0.108. The minimum absolute atomic E-state index is 0.602. The Bertz CT molecular complexity index is 464. The molecule has 0 unspecified atom stereocenters. The van der Waals surface area contributed by atoms with E-state index in [1.807, 2.05) is 23.7 Å². The summed E-state index contributed by atoms with van der Waals surface area (Å²) in [6.07, 6.45) is 3.34.